The fourth-order valence-corrected chi connectivity index (χ4v) is 1.37. The molecule has 1 unspecified atom stereocenters. The molecule has 0 radical (unpaired) electrons. The Morgan fingerprint density at radius 2 is 1.95 bits per heavy atom. The number of hydrogen-bond donors (Lipinski definition) is 3. The number of benzene rings is 1. The van der Waals surface area contributed by atoms with Gasteiger partial charge in [0, 0.05) is 6.42 Å². The first-order chi connectivity index (χ1) is 9.42. The summed E-state index contributed by atoms with van der Waals surface area (Å²) in [6, 6.07) is 9.24. The number of carboxylic acids is 1. The molecular formula is C14H19NO5. The highest BCUT2D eigenvalue weighted by molar-refractivity contribution is 5.80. The molecule has 0 aliphatic heterocycles. The molecule has 0 saturated carbocycles. The predicted octanol–water partition coefficient (Wildman–Crippen LogP) is 0.797. The molecule has 0 bridgehead atoms. The van der Waals surface area contributed by atoms with Gasteiger partial charge in [0.15, 0.2) is 5.60 Å². The molecule has 1 aromatic carbocycles. The minimum Gasteiger partial charge on any atom is -0.494 e. The fraction of sp³-hybridized carbons (Fsp3) is 0.429. The third kappa shape index (κ3) is 5.71. The molecule has 0 aliphatic rings. The molecule has 6 heteroatoms. The molecule has 20 heavy (non-hydrogen) atoms. The Labute approximate surface area is 117 Å². The normalized spacial score (nSPS) is 13.3. The number of hydrogen-bond acceptors (Lipinski definition) is 4. The van der Waals surface area contributed by atoms with Crippen molar-refractivity contribution in [2.24, 2.45) is 0 Å². The smallest absolute Gasteiger partial charge is 0.337 e. The summed E-state index contributed by atoms with van der Waals surface area (Å²) in [7, 11) is 0. The van der Waals surface area contributed by atoms with E-state index < -0.39 is 11.6 Å². The van der Waals surface area contributed by atoms with E-state index in [1.165, 1.54) is 0 Å². The topological polar surface area (TPSA) is 95.9 Å². The Kier molecular flexibility index (Phi) is 5.99. The molecule has 0 aliphatic carbocycles. The minimum atomic E-state index is -1.95. The zero-order valence-electron chi connectivity index (χ0n) is 11.3. The van der Waals surface area contributed by atoms with Crippen LogP contribution in [-0.4, -0.2) is 40.8 Å². The lowest BCUT2D eigenvalue weighted by molar-refractivity contribution is -0.156. The van der Waals surface area contributed by atoms with E-state index in [-0.39, 0.29) is 18.9 Å². The van der Waals surface area contributed by atoms with Crippen LogP contribution in [0, 0.1) is 0 Å². The van der Waals surface area contributed by atoms with Crippen molar-refractivity contribution in [1.82, 2.24) is 5.32 Å². The van der Waals surface area contributed by atoms with Gasteiger partial charge in [0.2, 0.25) is 5.91 Å². The zero-order chi connectivity index (χ0) is 15.0. The maximum absolute atomic E-state index is 11.5. The minimum absolute atomic E-state index is 0.211. The predicted molar refractivity (Wildman–Crippen MR) is 72.4 cm³/mol. The van der Waals surface area contributed by atoms with E-state index in [4.69, 9.17) is 9.84 Å². The Balaban J connectivity index is 2.16. The maximum Gasteiger partial charge on any atom is 0.337 e. The van der Waals surface area contributed by atoms with Crippen molar-refractivity contribution in [2.75, 3.05) is 13.2 Å². The van der Waals surface area contributed by atoms with Crippen LogP contribution in [0.4, 0.5) is 0 Å². The lowest BCUT2D eigenvalue weighted by atomic mass is 10.1. The lowest BCUT2D eigenvalue weighted by Crippen LogP contribution is -2.46. The molecule has 3 N–H and O–H groups in total. The first-order valence-corrected chi connectivity index (χ1v) is 6.32. The molecule has 1 rings (SSSR count). The largest absolute Gasteiger partial charge is 0.494 e. The summed E-state index contributed by atoms with van der Waals surface area (Å²) < 4.78 is 5.42. The summed E-state index contributed by atoms with van der Waals surface area (Å²) in [6.07, 6.45) is 0.721. The Morgan fingerprint density at radius 1 is 1.30 bits per heavy atom. The van der Waals surface area contributed by atoms with E-state index >= 15 is 0 Å². The third-order valence-corrected chi connectivity index (χ3v) is 2.65. The van der Waals surface area contributed by atoms with Crippen LogP contribution in [0.25, 0.3) is 0 Å². The number of para-hydroxylation sites is 1. The maximum atomic E-state index is 11.5. The highest BCUT2D eigenvalue weighted by Crippen LogP contribution is 2.08. The van der Waals surface area contributed by atoms with Gasteiger partial charge in [-0.2, -0.15) is 0 Å². The number of ether oxygens (including phenoxy) is 1. The van der Waals surface area contributed by atoms with E-state index in [0.717, 1.165) is 12.7 Å². The van der Waals surface area contributed by atoms with Crippen molar-refractivity contribution in [1.29, 1.82) is 0 Å². The fourth-order valence-electron chi connectivity index (χ4n) is 1.37. The highest BCUT2D eigenvalue weighted by atomic mass is 16.5. The van der Waals surface area contributed by atoms with Crippen LogP contribution in [-0.2, 0) is 9.59 Å². The molecule has 1 amide bonds. The van der Waals surface area contributed by atoms with Crippen LogP contribution in [0.15, 0.2) is 30.3 Å². The number of aliphatic hydroxyl groups is 1. The van der Waals surface area contributed by atoms with Gasteiger partial charge in [0.25, 0.3) is 0 Å². The van der Waals surface area contributed by atoms with Gasteiger partial charge in [-0.25, -0.2) is 4.79 Å². The first-order valence-electron chi connectivity index (χ1n) is 6.32. The van der Waals surface area contributed by atoms with E-state index in [1.54, 1.807) is 0 Å². The van der Waals surface area contributed by atoms with Gasteiger partial charge in [-0.15, -0.1) is 0 Å². The SMILES string of the molecule is CC(O)(CNC(=O)CCCOc1ccccc1)C(=O)O. The monoisotopic (exact) mass is 281 g/mol. The number of carbonyl (C=O) groups excluding carboxylic acids is 1. The molecule has 6 nitrogen and oxygen atoms in total. The molecule has 1 aromatic rings. The second-order valence-electron chi connectivity index (χ2n) is 4.62. The van der Waals surface area contributed by atoms with Crippen molar-refractivity contribution in [2.45, 2.75) is 25.4 Å². The third-order valence-electron chi connectivity index (χ3n) is 2.65. The highest BCUT2D eigenvalue weighted by Gasteiger charge is 2.30. The summed E-state index contributed by atoms with van der Waals surface area (Å²) in [6.45, 7) is 1.21. The van der Waals surface area contributed by atoms with Gasteiger partial charge in [-0.3, -0.25) is 4.79 Å². The quantitative estimate of drug-likeness (QED) is 0.612. The van der Waals surface area contributed by atoms with E-state index in [0.29, 0.717) is 13.0 Å². The van der Waals surface area contributed by atoms with Crippen molar-refractivity contribution in [3.05, 3.63) is 30.3 Å². The second-order valence-corrected chi connectivity index (χ2v) is 4.62. The molecule has 1 atom stereocenters. The van der Waals surface area contributed by atoms with Crippen LogP contribution in [0.3, 0.4) is 0 Å². The van der Waals surface area contributed by atoms with Gasteiger partial charge < -0.3 is 20.3 Å². The van der Waals surface area contributed by atoms with Gasteiger partial charge in [-0.05, 0) is 25.5 Å². The summed E-state index contributed by atoms with van der Waals surface area (Å²) >= 11 is 0. The number of amides is 1. The van der Waals surface area contributed by atoms with Gasteiger partial charge >= 0.3 is 5.97 Å². The molecule has 110 valence electrons. The molecule has 0 saturated heterocycles. The first kappa shape index (κ1) is 16.0. The molecule has 0 aromatic heterocycles. The van der Waals surface area contributed by atoms with E-state index in [1.807, 2.05) is 30.3 Å². The molecular weight excluding hydrogens is 262 g/mol. The summed E-state index contributed by atoms with van der Waals surface area (Å²) in [5.41, 5.74) is -1.95. The van der Waals surface area contributed by atoms with Crippen LogP contribution in [0.1, 0.15) is 19.8 Å². The zero-order valence-corrected chi connectivity index (χ0v) is 11.3. The number of carbonyl (C=O) groups is 2. The van der Waals surface area contributed by atoms with Crippen molar-refractivity contribution >= 4 is 11.9 Å². The number of nitrogens with one attached hydrogen (secondary N) is 1. The van der Waals surface area contributed by atoms with Crippen LogP contribution in [0.5, 0.6) is 5.75 Å². The van der Waals surface area contributed by atoms with Crippen molar-refractivity contribution < 1.29 is 24.5 Å². The summed E-state index contributed by atoms with van der Waals surface area (Å²) in [5.74, 6) is -0.949. The standard InChI is InChI=1S/C14H19NO5/c1-14(19,13(17)18)10-15-12(16)8-5-9-20-11-6-3-2-4-7-11/h2-4,6-7,19H,5,8-10H2,1H3,(H,15,16)(H,17,18). The second kappa shape index (κ2) is 7.49. The van der Waals surface area contributed by atoms with Crippen LogP contribution < -0.4 is 10.1 Å². The number of rotatable bonds is 8. The molecule has 0 heterocycles. The van der Waals surface area contributed by atoms with Crippen LogP contribution >= 0.6 is 0 Å². The summed E-state index contributed by atoms with van der Waals surface area (Å²) in [4.78, 5) is 22.1. The lowest BCUT2D eigenvalue weighted by Gasteiger charge is -2.18. The van der Waals surface area contributed by atoms with Gasteiger partial charge in [0.05, 0.1) is 13.2 Å². The average Bonchev–Trinajstić information content (AvgIpc) is 2.42. The number of carboxylic acid groups (broad SMARTS) is 1. The van der Waals surface area contributed by atoms with Gasteiger partial charge in [-0.1, -0.05) is 18.2 Å². The number of aliphatic carboxylic acids is 1. The van der Waals surface area contributed by atoms with Crippen molar-refractivity contribution in [3.8, 4) is 5.75 Å². The van der Waals surface area contributed by atoms with Crippen molar-refractivity contribution in [3.63, 3.8) is 0 Å². The average molecular weight is 281 g/mol. The Morgan fingerprint density at radius 3 is 2.55 bits per heavy atom. The van der Waals surface area contributed by atoms with Gasteiger partial charge in [0.1, 0.15) is 5.75 Å². The Hall–Kier alpha value is -2.08. The van der Waals surface area contributed by atoms with E-state index in [9.17, 15) is 14.7 Å². The van der Waals surface area contributed by atoms with E-state index in [2.05, 4.69) is 5.32 Å². The van der Waals surface area contributed by atoms with Crippen LogP contribution in [0.2, 0.25) is 0 Å². The Bertz CT molecular complexity index is 444. The summed E-state index contributed by atoms with van der Waals surface area (Å²) in [5, 5.41) is 20.5. The molecule has 0 fully saturated rings. The molecule has 0 spiro atoms.